The van der Waals surface area contributed by atoms with E-state index < -0.39 is 0 Å². The molecule has 1 amide bonds. The summed E-state index contributed by atoms with van der Waals surface area (Å²) < 4.78 is 0. The maximum atomic E-state index is 12.1. The second-order valence-electron chi connectivity index (χ2n) is 4.67. The van der Waals surface area contributed by atoms with Crippen molar-refractivity contribution in [2.24, 2.45) is 0 Å². The summed E-state index contributed by atoms with van der Waals surface area (Å²) in [6.45, 7) is 2.08. The standard InChI is InChI=1S/C15H15N5OS/c1-2-10-4-3-5-11(6-10)20-12(21)7-22-15-13-14(17-8-16-13)18-9-19-15/h3-6,8-9H,2,7H2,1H3,(H,20,21)(H,16,17,18,19). The van der Waals surface area contributed by atoms with Gasteiger partial charge in [-0.15, -0.1) is 0 Å². The average molecular weight is 313 g/mol. The molecular formula is C15H15N5OS. The van der Waals surface area contributed by atoms with Gasteiger partial charge in [0.1, 0.15) is 16.9 Å². The number of nitrogens with zero attached hydrogens (tertiary/aromatic N) is 3. The Morgan fingerprint density at radius 3 is 3.09 bits per heavy atom. The van der Waals surface area contributed by atoms with E-state index in [1.165, 1.54) is 23.7 Å². The van der Waals surface area contributed by atoms with E-state index in [0.29, 0.717) is 5.65 Å². The number of hydrogen-bond donors (Lipinski definition) is 2. The monoisotopic (exact) mass is 313 g/mol. The van der Waals surface area contributed by atoms with Crippen molar-refractivity contribution in [3.05, 3.63) is 42.5 Å². The second-order valence-corrected chi connectivity index (χ2v) is 5.63. The maximum Gasteiger partial charge on any atom is 0.234 e. The second kappa shape index (κ2) is 6.57. The largest absolute Gasteiger partial charge is 0.341 e. The Morgan fingerprint density at radius 2 is 2.23 bits per heavy atom. The van der Waals surface area contributed by atoms with Gasteiger partial charge < -0.3 is 10.3 Å². The first kappa shape index (κ1) is 14.5. The number of rotatable bonds is 5. The number of aryl methyl sites for hydroxylation is 1. The minimum atomic E-state index is -0.0652. The number of fused-ring (bicyclic) bond motifs is 1. The lowest BCUT2D eigenvalue weighted by atomic mass is 10.1. The van der Waals surface area contributed by atoms with Gasteiger partial charge in [-0.2, -0.15) is 0 Å². The zero-order valence-corrected chi connectivity index (χ0v) is 12.9. The molecule has 0 fully saturated rings. The quantitative estimate of drug-likeness (QED) is 0.559. The number of thioether (sulfide) groups is 1. The Morgan fingerprint density at radius 1 is 1.32 bits per heavy atom. The van der Waals surface area contributed by atoms with Crippen molar-refractivity contribution >= 4 is 34.5 Å². The predicted octanol–water partition coefficient (Wildman–Crippen LogP) is 2.65. The number of hydrogen-bond acceptors (Lipinski definition) is 5. The fourth-order valence-corrected chi connectivity index (χ4v) is 2.81. The van der Waals surface area contributed by atoms with Gasteiger partial charge in [0.15, 0.2) is 5.65 Å². The third kappa shape index (κ3) is 3.25. The van der Waals surface area contributed by atoms with Crippen LogP contribution in [0.15, 0.2) is 41.9 Å². The van der Waals surface area contributed by atoms with Crippen LogP contribution in [0.4, 0.5) is 5.69 Å². The van der Waals surface area contributed by atoms with Crippen LogP contribution < -0.4 is 5.32 Å². The maximum absolute atomic E-state index is 12.1. The van der Waals surface area contributed by atoms with E-state index >= 15 is 0 Å². The summed E-state index contributed by atoms with van der Waals surface area (Å²) >= 11 is 1.36. The molecular weight excluding hydrogens is 298 g/mol. The number of amides is 1. The molecule has 6 nitrogen and oxygen atoms in total. The normalized spacial score (nSPS) is 10.8. The van der Waals surface area contributed by atoms with Gasteiger partial charge in [-0.3, -0.25) is 4.79 Å². The fraction of sp³-hybridized carbons (Fsp3) is 0.200. The Bertz CT molecular complexity index is 801. The van der Waals surface area contributed by atoms with Crippen LogP contribution in [0.3, 0.4) is 0 Å². The molecule has 0 aliphatic heterocycles. The Balaban J connectivity index is 1.63. The lowest BCUT2D eigenvalue weighted by Crippen LogP contribution is -2.14. The average Bonchev–Trinajstić information content (AvgIpc) is 3.02. The number of benzene rings is 1. The van der Waals surface area contributed by atoms with Gasteiger partial charge in [0.2, 0.25) is 5.91 Å². The smallest absolute Gasteiger partial charge is 0.234 e. The number of aromatic amines is 1. The van der Waals surface area contributed by atoms with Gasteiger partial charge in [0.05, 0.1) is 12.1 Å². The van der Waals surface area contributed by atoms with Crippen LogP contribution in [0.5, 0.6) is 0 Å². The molecule has 7 heteroatoms. The van der Waals surface area contributed by atoms with Crippen molar-refractivity contribution in [2.75, 3.05) is 11.1 Å². The van der Waals surface area contributed by atoms with Crippen LogP contribution in [-0.2, 0) is 11.2 Å². The Hall–Kier alpha value is -2.41. The molecule has 0 saturated carbocycles. The first-order valence-electron chi connectivity index (χ1n) is 6.92. The summed E-state index contributed by atoms with van der Waals surface area (Å²) in [5.41, 5.74) is 3.38. The molecule has 22 heavy (non-hydrogen) atoms. The van der Waals surface area contributed by atoms with Crippen molar-refractivity contribution in [1.29, 1.82) is 0 Å². The molecule has 0 aliphatic rings. The molecule has 2 aromatic heterocycles. The molecule has 0 saturated heterocycles. The van der Waals surface area contributed by atoms with Gasteiger partial charge in [-0.05, 0) is 24.1 Å². The molecule has 0 spiro atoms. The molecule has 0 aliphatic carbocycles. The zero-order chi connectivity index (χ0) is 15.4. The molecule has 0 bridgehead atoms. The minimum Gasteiger partial charge on any atom is -0.341 e. The number of aromatic nitrogens is 4. The minimum absolute atomic E-state index is 0.0652. The first-order chi connectivity index (χ1) is 10.8. The molecule has 0 atom stereocenters. The summed E-state index contributed by atoms with van der Waals surface area (Å²) in [6, 6.07) is 7.86. The highest BCUT2D eigenvalue weighted by Gasteiger charge is 2.09. The predicted molar refractivity (Wildman–Crippen MR) is 86.9 cm³/mol. The molecule has 2 N–H and O–H groups in total. The highest BCUT2D eigenvalue weighted by atomic mass is 32.2. The Labute approximate surface area is 131 Å². The third-order valence-corrected chi connectivity index (χ3v) is 4.14. The van der Waals surface area contributed by atoms with E-state index in [-0.39, 0.29) is 11.7 Å². The van der Waals surface area contributed by atoms with Crippen LogP contribution in [0, 0.1) is 0 Å². The van der Waals surface area contributed by atoms with Gasteiger partial charge >= 0.3 is 0 Å². The summed E-state index contributed by atoms with van der Waals surface area (Å²) in [5.74, 6) is 0.214. The summed E-state index contributed by atoms with van der Waals surface area (Å²) in [5, 5.41) is 3.62. The van der Waals surface area contributed by atoms with Gasteiger partial charge in [0.25, 0.3) is 0 Å². The summed E-state index contributed by atoms with van der Waals surface area (Å²) in [4.78, 5) is 27.4. The molecule has 0 unspecified atom stereocenters. The van der Waals surface area contributed by atoms with Crippen LogP contribution in [0.2, 0.25) is 0 Å². The molecule has 1 aromatic carbocycles. The van der Waals surface area contributed by atoms with E-state index in [4.69, 9.17) is 0 Å². The number of H-pyrrole nitrogens is 1. The van der Waals surface area contributed by atoms with E-state index in [2.05, 4.69) is 32.2 Å². The number of imidazole rings is 1. The molecule has 112 valence electrons. The van der Waals surface area contributed by atoms with E-state index in [0.717, 1.165) is 22.7 Å². The van der Waals surface area contributed by atoms with Crippen LogP contribution >= 0.6 is 11.8 Å². The first-order valence-corrected chi connectivity index (χ1v) is 7.90. The highest BCUT2D eigenvalue weighted by Crippen LogP contribution is 2.22. The molecule has 0 radical (unpaired) electrons. The van der Waals surface area contributed by atoms with E-state index in [9.17, 15) is 4.79 Å². The van der Waals surface area contributed by atoms with E-state index in [1.807, 2.05) is 24.3 Å². The summed E-state index contributed by atoms with van der Waals surface area (Å²) in [6.07, 6.45) is 3.96. The lowest BCUT2D eigenvalue weighted by molar-refractivity contribution is -0.113. The lowest BCUT2D eigenvalue weighted by Gasteiger charge is -2.06. The Kier molecular flexibility index (Phi) is 4.34. The fourth-order valence-electron chi connectivity index (χ4n) is 2.05. The van der Waals surface area contributed by atoms with Gasteiger partial charge in [-0.25, -0.2) is 15.0 Å². The molecule has 3 aromatic rings. The van der Waals surface area contributed by atoms with Gasteiger partial charge in [0, 0.05) is 5.69 Å². The number of carbonyl (C=O) groups excluding carboxylic acids is 1. The number of anilines is 1. The van der Waals surface area contributed by atoms with Gasteiger partial charge in [-0.1, -0.05) is 30.8 Å². The highest BCUT2D eigenvalue weighted by molar-refractivity contribution is 8.00. The van der Waals surface area contributed by atoms with Crippen molar-refractivity contribution in [3.8, 4) is 0 Å². The zero-order valence-electron chi connectivity index (χ0n) is 12.0. The van der Waals surface area contributed by atoms with Crippen molar-refractivity contribution < 1.29 is 4.79 Å². The van der Waals surface area contributed by atoms with Crippen molar-refractivity contribution in [3.63, 3.8) is 0 Å². The van der Waals surface area contributed by atoms with Crippen LogP contribution in [-0.4, -0.2) is 31.6 Å². The van der Waals surface area contributed by atoms with Crippen molar-refractivity contribution in [2.45, 2.75) is 18.4 Å². The third-order valence-electron chi connectivity index (χ3n) is 3.15. The molecule has 3 rings (SSSR count). The van der Waals surface area contributed by atoms with Crippen LogP contribution in [0.25, 0.3) is 11.2 Å². The molecule has 2 heterocycles. The topological polar surface area (TPSA) is 83.6 Å². The van der Waals surface area contributed by atoms with Crippen LogP contribution in [0.1, 0.15) is 12.5 Å². The number of carbonyl (C=O) groups is 1. The van der Waals surface area contributed by atoms with Crippen molar-refractivity contribution in [1.82, 2.24) is 19.9 Å². The number of nitrogens with one attached hydrogen (secondary N) is 2. The SMILES string of the molecule is CCc1cccc(NC(=O)CSc2ncnc3nc[nH]c23)c1. The van der Waals surface area contributed by atoms with E-state index in [1.54, 1.807) is 6.33 Å². The summed E-state index contributed by atoms with van der Waals surface area (Å²) in [7, 11) is 0.